The molecular formula is C23H24N8O. The fourth-order valence-corrected chi connectivity index (χ4v) is 4.51. The predicted molar refractivity (Wildman–Crippen MR) is 121 cm³/mol. The first-order valence-electron chi connectivity index (χ1n) is 11.1. The highest BCUT2D eigenvalue weighted by Crippen LogP contribution is 2.43. The summed E-state index contributed by atoms with van der Waals surface area (Å²) >= 11 is 0. The molecule has 2 N–H and O–H groups in total. The number of hydrogen-bond acceptors (Lipinski definition) is 7. The lowest BCUT2D eigenvalue weighted by Gasteiger charge is -2.36. The zero-order valence-corrected chi connectivity index (χ0v) is 17.7. The number of hydrogen-bond donors (Lipinski definition) is 2. The number of nitrogens with one attached hydrogen (secondary N) is 2. The minimum Gasteiger partial charge on any atom is -0.368 e. The van der Waals surface area contributed by atoms with E-state index < -0.39 is 0 Å². The molecule has 0 atom stereocenters. The van der Waals surface area contributed by atoms with E-state index in [1.165, 1.54) is 24.1 Å². The van der Waals surface area contributed by atoms with Gasteiger partial charge in [-0.15, -0.1) is 10.2 Å². The Balaban J connectivity index is 1.20. The Morgan fingerprint density at radius 1 is 1.03 bits per heavy atom. The van der Waals surface area contributed by atoms with Crippen LogP contribution in [-0.4, -0.2) is 61.7 Å². The van der Waals surface area contributed by atoms with Gasteiger partial charge in [-0.2, -0.15) is 5.21 Å². The van der Waals surface area contributed by atoms with Crippen LogP contribution in [0.3, 0.4) is 0 Å². The van der Waals surface area contributed by atoms with Gasteiger partial charge >= 0.3 is 0 Å². The van der Waals surface area contributed by atoms with Gasteiger partial charge in [0, 0.05) is 37.4 Å². The number of para-hydroxylation sites is 1. The standard InChI is InChI=1S/C23H24N8O/c32-23-17-3-1-2-4-19(17)24-21(25-23)14-30-9-11-31(12-10-30)20-13-16(15-5-6-15)7-8-18(20)22-26-28-29-27-22/h1-4,7-8,13,15H,5-6,9-12,14H2,(H,24,25,32)(H,26,27,28,29). The lowest BCUT2D eigenvalue weighted by Crippen LogP contribution is -2.46. The summed E-state index contributed by atoms with van der Waals surface area (Å²) in [6.07, 6.45) is 2.54. The molecule has 1 saturated carbocycles. The lowest BCUT2D eigenvalue weighted by molar-refractivity contribution is 0.244. The van der Waals surface area contributed by atoms with Crippen molar-refractivity contribution >= 4 is 16.6 Å². The average Bonchev–Trinajstić information content (AvgIpc) is 3.53. The Labute approximate surface area is 184 Å². The van der Waals surface area contributed by atoms with Crippen LogP contribution in [0.25, 0.3) is 22.3 Å². The third-order valence-corrected chi connectivity index (χ3v) is 6.41. The molecule has 0 radical (unpaired) electrons. The van der Waals surface area contributed by atoms with Crippen molar-refractivity contribution in [1.29, 1.82) is 0 Å². The molecule has 9 nitrogen and oxygen atoms in total. The van der Waals surface area contributed by atoms with Crippen molar-refractivity contribution in [2.45, 2.75) is 25.3 Å². The van der Waals surface area contributed by atoms with Gasteiger partial charge < -0.3 is 9.88 Å². The molecule has 4 aromatic rings. The van der Waals surface area contributed by atoms with Crippen molar-refractivity contribution in [3.8, 4) is 11.4 Å². The maximum Gasteiger partial charge on any atom is 0.258 e. The number of aromatic nitrogens is 6. The topological polar surface area (TPSA) is 107 Å². The molecule has 1 aliphatic heterocycles. The summed E-state index contributed by atoms with van der Waals surface area (Å²) in [5, 5.41) is 15.4. The summed E-state index contributed by atoms with van der Waals surface area (Å²) in [5.41, 5.74) is 4.25. The van der Waals surface area contributed by atoms with Crippen LogP contribution in [0.15, 0.2) is 47.3 Å². The second-order valence-corrected chi connectivity index (χ2v) is 8.58. The molecule has 0 amide bonds. The molecule has 0 unspecified atom stereocenters. The Bertz CT molecular complexity index is 1300. The first kappa shape index (κ1) is 19.1. The van der Waals surface area contributed by atoms with Gasteiger partial charge in [-0.05, 0) is 53.8 Å². The van der Waals surface area contributed by atoms with E-state index in [9.17, 15) is 4.79 Å². The lowest BCUT2D eigenvalue weighted by atomic mass is 10.0. The van der Waals surface area contributed by atoms with Crippen LogP contribution < -0.4 is 10.5 Å². The molecule has 1 saturated heterocycles. The number of H-pyrrole nitrogens is 2. The van der Waals surface area contributed by atoms with E-state index in [2.05, 4.69) is 58.6 Å². The van der Waals surface area contributed by atoms with E-state index >= 15 is 0 Å². The monoisotopic (exact) mass is 428 g/mol. The van der Waals surface area contributed by atoms with Crippen molar-refractivity contribution in [1.82, 2.24) is 35.5 Å². The van der Waals surface area contributed by atoms with E-state index in [1.807, 2.05) is 18.2 Å². The van der Waals surface area contributed by atoms with Crippen LogP contribution in [0.5, 0.6) is 0 Å². The predicted octanol–water partition coefficient (Wildman–Crippen LogP) is 2.30. The summed E-state index contributed by atoms with van der Waals surface area (Å²) in [4.78, 5) is 24.7. The van der Waals surface area contributed by atoms with Gasteiger partial charge in [-0.1, -0.05) is 18.2 Å². The molecule has 0 spiro atoms. The molecular weight excluding hydrogens is 404 g/mol. The number of anilines is 1. The second-order valence-electron chi connectivity index (χ2n) is 8.58. The molecule has 6 rings (SSSR count). The van der Waals surface area contributed by atoms with Crippen LogP contribution in [0, 0.1) is 0 Å². The van der Waals surface area contributed by atoms with E-state index in [4.69, 9.17) is 0 Å². The molecule has 2 aliphatic rings. The largest absolute Gasteiger partial charge is 0.368 e. The fraction of sp³-hybridized carbons (Fsp3) is 0.348. The minimum atomic E-state index is -0.0779. The molecule has 32 heavy (non-hydrogen) atoms. The number of nitrogens with zero attached hydrogens (tertiary/aromatic N) is 6. The molecule has 2 aromatic heterocycles. The van der Waals surface area contributed by atoms with Crippen LogP contribution in [0.1, 0.15) is 30.1 Å². The normalized spacial score (nSPS) is 17.2. The highest BCUT2D eigenvalue weighted by atomic mass is 16.1. The molecule has 9 heteroatoms. The number of aromatic amines is 2. The zero-order chi connectivity index (χ0) is 21.5. The van der Waals surface area contributed by atoms with E-state index in [1.54, 1.807) is 6.07 Å². The van der Waals surface area contributed by atoms with Crippen molar-refractivity contribution in [3.05, 3.63) is 64.2 Å². The molecule has 1 aliphatic carbocycles. The summed E-state index contributed by atoms with van der Waals surface area (Å²) < 4.78 is 0. The Kier molecular flexibility index (Phi) is 4.68. The van der Waals surface area contributed by atoms with Crippen molar-refractivity contribution in [2.24, 2.45) is 0 Å². The van der Waals surface area contributed by atoms with Crippen LogP contribution >= 0.6 is 0 Å². The van der Waals surface area contributed by atoms with Crippen LogP contribution in [-0.2, 0) is 6.54 Å². The van der Waals surface area contributed by atoms with Gasteiger partial charge in [-0.3, -0.25) is 9.69 Å². The van der Waals surface area contributed by atoms with Crippen LogP contribution in [0.2, 0.25) is 0 Å². The van der Waals surface area contributed by atoms with E-state index in [-0.39, 0.29) is 5.56 Å². The van der Waals surface area contributed by atoms with Gasteiger partial charge in [0.25, 0.3) is 5.56 Å². The van der Waals surface area contributed by atoms with Crippen molar-refractivity contribution in [2.75, 3.05) is 31.1 Å². The van der Waals surface area contributed by atoms with Gasteiger partial charge in [-0.25, -0.2) is 4.98 Å². The first-order valence-corrected chi connectivity index (χ1v) is 11.1. The van der Waals surface area contributed by atoms with Gasteiger partial charge in [0.15, 0.2) is 0 Å². The molecule has 162 valence electrons. The van der Waals surface area contributed by atoms with E-state index in [0.29, 0.717) is 29.5 Å². The van der Waals surface area contributed by atoms with Gasteiger partial charge in [0.1, 0.15) is 5.82 Å². The SMILES string of the molecule is O=c1[nH]c(CN2CCN(c3cc(C4CC4)ccc3-c3nn[nH]n3)CC2)nc2ccccc12. The summed E-state index contributed by atoms with van der Waals surface area (Å²) in [6.45, 7) is 4.17. The fourth-order valence-electron chi connectivity index (χ4n) is 4.51. The molecule has 0 bridgehead atoms. The van der Waals surface area contributed by atoms with Gasteiger partial charge in [0.2, 0.25) is 5.82 Å². The maximum absolute atomic E-state index is 12.4. The number of piperazine rings is 1. The second kappa shape index (κ2) is 7.83. The third-order valence-electron chi connectivity index (χ3n) is 6.41. The molecule has 2 fully saturated rings. The Morgan fingerprint density at radius 2 is 1.88 bits per heavy atom. The number of rotatable bonds is 5. The third kappa shape index (κ3) is 3.64. The first-order chi connectivity index (χ1) is 15.7. The average molecular weight is 429 g/mol. The summed E-state index contributed by atoms with van der Waals surface area (Å²) in [5.74, 6) is 2.03. The maximum atomic E-state index is 12.4. The zero-order valence-electron chi connectivity index (χ0n) is 17.7. The highest BCUT2D eigenvalue weighted by molar-refractivity contribution is 5.77. The molecule has 3 heterocycles. The quantitative estimate of drug-likeness (QED) is 0.502. The Hall–Kier alpha value is -3.59. The molecule has 2 aromatic carbocycles. The summed E-state index contributed by atoms with van der Waals surface area (Å²) in [7, 11) is 0. The smallest absolute Gasteiger partial charge is 0.258 e. The minimum absolute atomic E-state index is 0.0779. The van der Waals surface area contributed by atoms with Crippen LogP contribution in [0.4, 0.5) is 5.69 Å². The van der Waals surface area contributed by atoms with E-state index in [0.717, 1.165) is 37.3 Å². The number of benzene rings is 2. The van der Waals surface area contributed by atoms with Crippen molar-refractivity contribution < 1.29 is 0 Å². The van der Waals surface area contributed by atoms with Crippen molar-refractivity contribution in [3.63, 3.8) is 0 Å². The number of tetrazole rings is 1. The number of fused-ring (bicyclic) bond motifs is 1. The highest BCUT2D eigenvalue weighted by Gasteiger charge is 2.27. The summed E-state index contributed by atoms with van der Waals surface area (Å²) in [6, 6.07) is 14.1. The van der Waals surface area contributed by atoms with Gasteiger partial charge in [0.05, 0.1) is 17.4 Å². The Morgan fingerprint density at radius 3 is 2.66 bits per heavy atom.